The Balaban J connectivity index is -0.000000285. The minimum absolute atomic E-state index is 0.297. The van der Waals surface area contributed by atoms with Crippen LogP contribution >= 0.6 is 0 Å². The molecule has 308 valence electrons. The second kappa shape index (κ2) is 24.4. The first-order valence-corrected chi connectivity index (χ1v) is 21.3. The van der Waals surface area contributed by atoms with Gasteiger partial charge in [-0.05, 0) is 100 Å². The molecular weight excluding hydrogens is 605 g/mol. The van der Waals surface area contributed by atoms with E-state index >= 15 is 0 Å². The Labute approximate surface area is 322 Å². The summed E-state index contributed by atoms with van der Waals surface area (Å²) in [6.45, 7) is 61.7. The first-order chi connectivity index (χ1) is 21.7. The highest BCUT2D eigenvalue weighted by atomic mass is 16.5. The zero-order valence-corrected chi connectivity index (χ0v) is 40.8. The van der Waals surface area contributed by atoms with Crippen LogP contribution in [0.1, 0.15) is 251 Å². The fourth-order valence-corrected chi connectivity index (χ4v) is 5.74. The van der Waals surface area contributed by atoms with E-state index in [1.807, 2.05) is 0 Å². The summed E-state index contributed by atoms with van der Waals surface area (Å²) in [5.41, 5.74) is 3.60. The summed E-state index contributed by atoms with van der Waals surface area (Å²) in [6.07, 6.45) is 15.0. The van der Waals surface area contributed by atoms with Crippen LogP contribution < -0.4 is 0 Å². The minimum atomic E-state index is 0.297. The Morgan fingerprint density at radius 3 is 0.860 bits per heavy atom. The molecule has 2 atom stereocenters. The topological polar surface area (TPSA) is 9.23 Å². The van der Waals surface area contributed by atoms with Crippen molar-refractivity contribution in [1.82, 2.24) is 0 Å². The van der Waals surface area contributed by atoms with Gasteiger partial charge in [-0.25, -0.2) is 0 Å². The van der Waals surface area contributed by atoms with Crippen LogP contribution in [0.15, 0.2) is 0 Å². The Kier molecular flexibility index (Phi) is 27.6. The minimum Gasteiger partial charge on any atom is -0.380 e. The van der Waals surface area contributed by atoms with Crippen LogP contribution in [0.25, 0.3) is 0 Å². The Morgan fingerprint density at radius 2 is 0.640 bits per heavy atom. The van der Waals surface area contributed by atoms with Crippen LogP contribution in [0, 0.1) is 55.2 Å². The number of hydrogen-bond acceptors (Lipinski definition) is 1. The fraction of sp³-hybridized carbons (Fsp3) is 1.00. The molecule has 1 heteroatoms. The molecule has 0 heterocycles. The van der Waals surface area contributed by atoms with Gasteiger partial charge in [0.1, 0.15) is 0 Å². The van der Waals surface area contributed by atoms with E-state index in [4.69, 9.17) is 4.74 Å². The maximum Gasteiger partial charge on any atom is 0.0514 e. The van der Waals surface area contributed by atoms with E-state index in [0.29, 0.717) is 43.3 Å². The molecule has 0 amide bonds. The van der Waals surface area contributed by atoms with Crippen molar-refractivity contribution in [3.8, 4) is 0 Å². The number of hydrogen-bond donors (Lipinski definition) is 0. The van der Waals surface area contributed by atoms with Gasteiger partial charge in [-0.2, -0.15) is 0 Å². The first kappa shape index (κ1) is 56.7. The first-order valence-electron chi connectivity index (χ1n) is 21.3. The van der Waals surface area contributed by atoms with Gasteiger partial charge in [0.25, 0.3) is 0 Å². The second-order valence-electron chi connectivity index (χ2n) is 25.5. The molecule has 0 aliphatic heterocycles. The largest absolute Gasteiger partial charge is 0.380 e. The molecule has 0 aliphatic carbocycles. The highest BCUT2D eigenvalue weighted by Gasteiger charge is 2.26. The molecular formula is C49H106O. The van der Waals surface area contributed by atoms with E-state index in [9.17, 15) is 0 Å². The normalized spacial score (nSPS) is 14.8. The highest BCUT2D eigenvalue weighted by molar-refractivity contribution is 4.77. The van der Waals surface area contributed by atoms with Crippen molar-refractivity contribution < 1.29 is 4.74 Å². The molecule has 50 heavy (non-hydrogen) atoms. The highest BCUT2D eigenvalue weighted by Crippen LogP contribution is 2.37. The lowest BCUT2D eigenvalue weighted by Crippen LogP contribution is -2.22. The molecule has 0 aromatic heterocycles. The van der Waals surface area contributed by atoms with Gasteiger partial charge < -0.3 is 4.74 Å². The van der Waals surface area contributed by atoms with Crippen molar-refractivity contribution >= 4 is 0 Å². The summed E-state index contributed by atoms with van der Waals surface area (Å²) in [5.74, 6) is 1.78. The molecule has 0 radical (unpaired) electrons. The third kappa shape index (κ3) is 50.1. The zero-order valence-electron chi connectivity index (χ0n) is 40.8. The quantitative estimate of drug-likeness (QED) is 0.196. The summed E-state index contributed by atoms with van der Waals surface area (Å²) >= 11 is 0. The predicted molar refractivity (Wildman–Crippen MR) is 236 cm³/mol. The van der Waals surface area contributed by atoms with Crippen LogP contribution in [0.5, 0.6) is 0 Å². The van der Waals surface area contributed by atoms with Crippen LogP contribution in [0.4, 0.5) is 0 Å². The predicted octanol–water partition coefficient (Wildman–Crippen LogP) is 17.9. The summed E-state index contributed by atoms with van der Waals surface area (Å²) < 4.78 is 5.56. The Bertz CT molecular complexity index is 701. The lowest BCUT2D eigenvalue weighted by atomic mass is 9.73. The van der Waals surface area contributed by atoms with Gasteiger partial charge in [0.05, 0.1) is 13.2 Å². The number of rotatable bonds is 12. The molecule has 2 unspecified atom stereocenters. The van der Waals surface area contributed by atoms with Crippen molar-refractivity contribution in [3.05, 3.63) is 0 Å². The molecule has 0 rings (SSSR count). The fourth-order valence-electron chi connectivity index (χ4n) is 5.74. The van der Waals surface area contributed by atoms with Gasteiger partial charge in [-0.1, -0.05) is 206 Å². The summed E-state index contributed by atoms with van der Waals surface area (Å²) in [7, 11) is 0. The lowest BCUT2D eigenvalue weighted by molar-refractivity contribution is 0.0275. The van der Waals surface area contributed by atoms with Crippen molar-refractivity contribution in [3.63, 3.8) is 0 Å². The molecule has 0 spiro atoms. The van der Waals surface area contributed by atoms with Gasteiger partial charge in [-0.15, -0.1) is 0 Å². The molecule has 0 fully saturated rings. The van der Waals surface area contributed by atoms with Gasteiger partial charge in [0.15, 0.2) is 0 Å². The Hall–Kier alpha value is -0.0400. The molecule has 0 saturated heterocycles. The molecule has 1 nitrogen and oxygen atoms in total. The monoisotopic (exact) mass is 711 g/mol. The molecule has 0 aromatic rings. The third-order valence-corrected chi connectivity index (χ3v) is 9.26. The van der Waals surface area contributed by atoms with E-state index in [2.05, 4.69) is 180 Å². The lowest BCUT2D eigenvalue weighted by Gasteiger charge is -2.33. The van der Waals surface area contributed by atoms with Crippen molar-refractivity contribution in [2.45, 2.75) is 251 Å². The van der Waals surface area contributed by atoms with E-state index < -0.39 is 0 Å². The van der Waals surface area contributed by atoms with E-state index in [-0.39, 0.29) is 0 Å². The second-order valence-corrected chi connectivity index (χ2v) is 25.5. The van der Waals surface area contributed by atoms with Crippen LogP contribution in [0.3, 0.4) is 0 Å². The maximum absolute atomic E-state index is 5.56. The van der Waals surface area contributed by atoms with E-state index in [0.717, 1.165) is 25.0 Å². The third-order valence-electron chi connectivity index (χ3n) is 9.26. The van der Waals surface area contributed by atoms with E-state index in [1.54, 1.807) is 0 Å². The maximum atomic E-state index is 5.56. The zero-order chi connectivity index (χ0) is 41.1. The van der Waals surface area contributed by atoms with Gasteiger partial charge in [-0.3, -0.25) is 0 Å². The molecule has 0 bridgehead atoms. The van der Waals surface area contributed by atoms with Crippen molar-refractivity contribution in [1.29, 1.82) is 0 Å². The average Bonchev–Trinajstić information content (AvgIpc) is 2.79. The summed E-state index contributed by atoms with van der Waals surface area (Å²) in [5, 5.41) is 0. The molecule has 0 aliphatic rings. The van der Waals surface area contributed by atoms with Gasteiger partial charge in [0, 0.05) is 0 Å². The van der Waals surface area contributed by atoms with Crippen molar-refractivity contribution in [2.24, 2.45) is 55.2 Å². The average molecular weight is 711 g/mol. The van der Waals surface area contributed by atoms with Crippen LogP contribution in [-0.2, 0) is 4.74 Å². The Morgan fingerprint density at radius 1 is 0.340 bits per heavy atom. The molecule has 0 N–H and O–H groups in total. The van der Waals surface area contributed by atoms with Gasteiger partial charge in [0.2, 0.25) is 0 Å². The summed E-state index contributed by atoms with van der Waals surface area (Å²) in [6, 6.07) is 0. The number of ether oxygens (including phenoxy) is 1. The molecule has 0 aromatic carbocycles. The summed E-state index contributed by atoms with van der Waals surface area (Å²) in [4.78, 5) is 0. The smallest absolute Gasteiger partial charge is 0.0514 e. The van der Waals surface area contributed by atoms with Crippen molar-refractivity contribution in [2.75, 3.05) is 13.2 Å². The van der Waals surface area contributed by atoms with Crippen LogP contribution in [0.2, 0.25) is 0 Å². The standard InChI is InChI=1S/C15H32.C13H28.C11H24.C10H22O/c1-8-9-10-13(15(5,6)7)11-12-14(2,3)4;1-8-11(13(5,6)7)9-10-12(2,3)4;1-10(2,3)8-7-9-11(4,5)6;1-9(2,3)7-11-8-10(4,5)6/h13H,8-12H2,1-7H3;11H,8-10H2,1-7H3;7-9H2,1-6H3;7-8H2,1-6H3. The number of unbranched alkanes of at least 4 members (excludes halogenated alkanes) is 1. The van der Waals surface area contributed by atoms with Gasteiger partial charge >= 0.3 is 0 Å². The van der Waals surface area contributed by atoms with E-state index in [1.165, 1.54) is 70.6 Å². The molecule has 0 saturated carbocycles. The SMILES string of the molecule is CC(C)(C)CCCC(C)(C)C.CC(C)(C)COCC(C)(C)C.CCC(CCC(C)(C)C)C(C)(C)C.CCCCC(CCC(C)(C)C)C(C)(C)C. The van der Waals surface area contributed by atoms with Crippen LogP contribution in [-0.4, -0.2) is 13.2 Å².